The van der Waals surface area contributed by atoms with Gasteiger partial charge >= 0.3 is 0 Å². The second kappa shape index (κ2) is 8.74. The summed E-state index contributed by atoms with van der Waals surface area (Å²) in [4.78, 5) is 12.1. The Morgan fingerprint density at radius 1 is 1.20 bits per heavy atom. The van der Waals surface area contributed by atoms with E-state index in [4.69, 9.17) is 21.1 Å². The molecule has 7 heteroatoms. The Morgan fingerprint density at radius 3 is 2.60 bits per heavy atom. The van der Waals surface area contributed by atoms with Crippen molar-refractivity contribution >= 4 is 46.7 Å². The van der Waals surface area contributed by atoms with Gasteiger partial charge in [-0.3, -0.25) is 4.79 Å². The van der Waals surface area contributed by atoms with Crippen LogP contribution in [0.3, 0.4) is 0 Å². The van der Waals surface area contributed by atoms with Crippen molar-refractivity contribution in [2.75, 3.05) is 30.5 Å². The van der Waals surface area contributed by atoms with E-state index >= 15 is 0 Å². The first-order chi connectivity index (χ1) is 12.2. The lowest BCUT2D eigenvalue weighted by Crippen LogP contribution is -2.20. The number of anilines is 1. The van der Waals surface area contributed by atoms with E-state index in [1.807, 2.05) is 35.7 Å². The normalized spacial score (nSPS) is 14.3. The zero-order valence-corrected chi connectivity index (χ0v) is 16.0. The molecule has 1 N–H and O–H groups in total. The lowest BCUT2D eigenvalue weighted by atomic mass is 10.2. The quantitative estimate of drug-likeness (QED) is 0.757. The summed E-state index contributed by atoms with van der Waals surface area (Å²) in [6.45, 7) is -0.0814. The third kappa shape index (κ3) is 5.00. The van der Waals surface area contributed by atoms with Crippen molar-refractivity contribution < 1.29 is 14.3 Å². The highest BCUT2D eigenvalue weighted by Gasteiger charge is 2.18. The highest BCUT2D eigenvalue weighted by Crippen LogP contribution is 2.45. The van der Waals surface area contributed by atoms with Crippen molar-refractivity contribution in [3.63, 3.8) is 0 Å². The molecule has 0 radical (unpaired) electrons. The molecule has 132 valence electrons. The van der Waals surface area contributed by atoms with E-state index in [1.54, 1.807) is 18.2 Å². The molecule has 1 aliphatic heterocycles. The number of methoxy groups -OCH3 is 1. The van der Waals surface area contributed by atoms with Crippen LogP contribution >= 0.6 is 35.1 Å². The molecule has 2 aromatic rings. The Bertz CT molecular complexity index is 734. The number of amides is 1. The molecule has 0 bridgehead atoms. The Kier molecular flexibility index (Phi) is 6.39. The predicted octanol–water partition coefficient (Wildman–Crippen LogP) is 4.84. The van der Waals surface area contributed by atoms with Crippen molar-refractivity contribution in [3.8, 4) is 11.5 Å². The third-order valence-electron chi connectivity index (χ3n) is 3.58. The van der Waals surface area contributed by atoms with Gasteiger partial charge in [0, 0.05) is 16.5 Å². The Morgan fingerprint density at radius 2 is 1.92 bits per heavy atom. The van der Waals surface area contributed by atoms with E-state index in [1.165, 1.54) is 24.2 Å². The molecule has 0 atom stereocenters. The molecular formula is C18H18ClNO3S2. The average Bonchev–Trinajstić information content (AvgIpc) is 3.15. The van der Waals surface area contributed by atoms with E-state index in [0.29, 0.717) is 26.8 Å². The van der Waals surface area contributed by atoms with Crippen molar-refractivity contribution in [1.82, 2.24) is 0 Å². The van der Waals surface area contributed by atoms with Gasteiger partial charge in [-0.2, -0.15) is 0 Å². The average molecular weight is 396 g/mol. The minimum absolute atomic E-state index is 0.0814. The first kappa shape index (κ1) is 18.3. The first-order valence-corrected chi connectivity index (χ1v) is 10.2. The number of halogens is 1. The van der Waals surface area contributed by atoms with Crippen LogP contribution in [-0.2, 0) is 4.79 Å². The van der Waals surface area contributed by atoms with Gasteiger partial charge in [0.15, 0.2) is 6.61 Å². The zero-order chi connectivity index (χ0) is 17.6. The van der Waals surface area contributed by atoms with Gasteiger partial charge in [0.2, 0.25) is 0 Å². The summed E-state index contributed by atoms with van der Waals surface area (Å²) in [5.41, 5.74) is 1.81. The van der Waals surface area contributed by atoms with Crippen molar-refractivity contribution in [3.05, 3.63) is 53.1 Å². The standard InChI is InChI=1S/C18H18ClNO3S2/c1-22-16-7-4-13(19)10-15(16)20-17(21)11-23-14-5-2-12(3-6-14)18-24-8-9-25-18/h2-7,10,18H,8-9,11H2,1H3,(H,20,21). The van der Waals surface area contributed by atoms with E-state index in [2.05, 4.69) is 17.4 Å². The number of thioether (sulfide) groups is 2. The minimum Gasteiger partial charge on any atom is -0.495 e. The third-order valence-corrected chi connectivity index (χ3v) is 6.92. The molecule has 2 aromatic carbocycles. The van der Waals surface area contributed by atoms with Gasteiger partial charge in [0.1, 0.15) is 11.5 Å². The summed E-state index contributed by atoms with van der Waals surface area (Å²) < 4.78 is 11.3. The molecule has 3 rings (SSSR count). The van der Waals surface area contributed by atoms with Gasteiger partial charge in [-0.25, -0.2) is 0 Å². The molecule has 0 saturated carbocycles. The maximum atomic E-state index is 12.1. The maximum absolute atomic E-state index is 12.1. The van der Waals surface area contributed by atoms with E-state index < -0.39 is 0 Å². The van der Waals surface area contributed by atoms with Crippen LogP contribution in [0.15, 0.2) is 42.5 Å². The fourth-order valence-corrected chi connectivity index (χ4v) is 5.42. The molecule has 4 nitrogen and oxygen atoms in total. The fraction of sp³-hybridized carbons (Fsp3) is 0.278. The summed E-state index contributed by atoms with van der Waals surface area (Å²) in [6, 6.07) is 13.0. The summed E-state index contributed by atoms with van der Waals surface area (Å²) in [6.07, 6.45) is 0. The predicted molar refractivity (Wildman–Crippen MR) is 106 cm³/mol. The fourth-order valence-electron chi connectivity index (χ4n) is 2.39. The SMILES string of the molecule is COc1ccc(Cl)cc1NC(=O)COc1ccc(C2SCCS2)cc1. The summed E-state index contributed by atoms with van der Waals surface area (Å²) in [7, 11) is 1.54. The largest absolute Gasteiger partial charge is 0.495 e. The molecule has 0 aliphatic carbocycles. The molecule has 1 heterocycles. The van der Waals surface area contributed by atoms with Crippen LogP contribution in [0, 0.1) is 0 Å². The van der Waals surface area contributed by atoms with Crippen molar-refractivity contribution in [1.29, 1.82) is 0 Å². The highest BCUT2D eigenvalue weighted by molar-refractivity contribution is 8.19. The number of carbonyl (C=O) groups excluding carboxylic acids is 1. The maximum Gasteiger partial charge on any atom is 0.262 e. The summed E-state index contributed by atoms with van der Waals surface area (Å²) in [5.74, 6) is 3.34. The van der Waals surface area contributed by atoms with Gasteiger partial charge in [0.25, 0.3) is 5.91 Å². The highest BCUT2D eigenvalue weighted by atomic mass is 35.5. The van der Waals surface area contributed by atoms with Gasteiger partial charge in [-0.1, -0.05) is 23.7 Å². The van der Waals surface area contributed by atoms with Gasteiger partial charge in [-0.15, -0.1) is 23.5 Å². The van der Waals surface area contributed by atoms with Crippen LogP contribution in [-0.4, -0.2) is 31.1 Å². The van der Waals surface area contributed by atoms with Gasteiger partial charge < -0.3 is 14.8 Å². The van der Waals surface area contributed by atoms with Crippen LogP contribution in [0.25, 0.3) is 0 Å². The van der Waals surface area contributed by atoms with Gasteiger partial charge in [-0.05, 0) is 35.9 Å². The van der Waals surface area contributed by atoms with Crippen LogP contribution in [0.2, 0.25) is 5.02 Å². The lowest BCUT2D eigenvalue weighted by Gasteiger charge is -2.12. The monoisotopic (exact) mass is 395 g/mol. The number of rotatable bonds is 6. The Balaban J connectivity index is 1.54. The molecule has 0 aromatic heterocycles. The molecule has 1 aliphatic rings. The minimum atomic E-state index is -0.272. The first-order valence-electron chi connectivity index (χ1n) is 7.75. The van der Waals surface area contributed by atoms with Crippen molar-refractivity contribution in [2.24, 2.45) is 0 Å². The smallest absolute Gasteiger partial charge is 0.262 e. The Labute approximate surface area is 160 Å². The van der Waals surface area contributed by atoms with E-state index in [-0.39, 0.29) is 12.5 Å². The molecule has 1 saturated heterocycles. The Hall–Kier alpha value is -1.50. The summed E-state index contributed by atoms with van der Waals surface area (Å²) >= 11 is 9.88. The second-order valence-corrected chi connectivity index (χ2v) is 8.48. The van der Waals surface area contributed by atoms with E-state index in [9.17, 15) is 4.79 Å². The van der Waals surface area contributed by atoms with Gasteiger partial charge in [0.05, 0.1) is 17.4 Å². The van der Waals surface area contributed by atoms with Crippen LogP contribution in [0.4, 0.5) is 5.69 Å². The lowest BCUT2D eigenvalue weighted by molar-refractivity contribution is -0.118. The molecule has 1 fully saturated rings. The van der Waals surface area contributed by atoms with Crippen molar-refractivity contribution in [2.45, 2.75) is 4.58 Å². The number of nitrogens with one attached hydrogen (secondary N) is 1. The number of hydrogen-bond donors (Lipinski definition) is 1. The molecule has 25 heavy (non-hydrogen) atoms. The van der Waals surface area contributed by atoms with Crippen LogP contribution in [0.1, 0.15) is 10.1 Å². The second-order valence-electron chi connectivity index (χ2n) is 5.32. The summed E-state index contributed by atoms with van der Waals surface area (Å²) in [5, 5.41) is 3.27. The van der Waals surface area contributed by atoms with Crippen LogP contribution in [0.5, 0.6) is 11.5 Å². The number of hydrogen-bond acceptors (Lipinski definition) is 5. The number of benzene rings is 2. The molecule has 0 unspecified atom stereocenters. The number of carbonyl (C=O) groups is 1. The van der Waals surface area contributed by atoms with E-state index in [0.717, 1.165) is 0 Å². The zero-order valence-electron chi connectivity index (χ0n) is 13.7. The molecule has 1 amide bonds. The number of ether oxygens (including phenoxy) is 2. The molecule has 0 spiro atoms. The van der Waals surface area contributed by atoms with Crippen LogP contribution < -0.4 is 14.8 Å². The molecular weight excluding hydrogens is 378 g/mol. The topological polar surface area (TPSA) is 47.6 Å².